The fourth-order valence-electron chi connectivity index (χ4n) is 3.38. The topological polar surface area (TPSA) is 66.5 Å². The van der Waals surface area contributed by atoms with Crippen LogP contribution in [0.25, 0.3) is 5.57 Å². The Kier molecular flexibility index (Phi) is 23.8. The first-order valence-corrected chi connectivity index (χ1v) is 17.6. The van der Waals surface area contributed by atoms with Gasteiger partial charge in [-0.15, -0.1) is 0 Å². The van der Waals surface area contributed by atoms with Crippen LogP contribution in [0.15, 0.2) is 64.7 Å². The molecule has 1 aromatic rings. The first-order chi connectivity index (χ1) is 20.1. The number of hydrogen-bond acceptors (Lipinski definition) is 3. The second-order valence-corrected chi connectivity index (χ2v) is 13.6. The van der Waals surface area contributed by atoms with Gasteiger partial charge in [-0.25, -0.2) is 8.42 Å². The molecule has 0 spiro atoms. The van der Waals surface area contributed by atoms with Crippen molar-refractivity contribution in [2.75, 3.05) is 13.1 Å². The van der Waals surface area contributed by atoms with Gasteiger partial charge in [0.15, 0.2) is 0 Å². The lowest BCUT2D eigenvalue weighted by molar-refractivity contribution is -0.123. The first-order valence-electron chi connectivity index (χ1n) is 16.2. The molecule has 0 aliphatic carbocycles. The van der Waals surface area contributed by atoms with Gasteiger partial charge in [-0.3, -0.25) is 4.79 Å². The lowest BCUT2D eigenvalue weighted by atomic mass is 10.0. The quantitative estimate of drug-likeness (QED) is 0.281. The van der Waals surface area contributed by atoms with Crippen LogP contribution in [-0.4, -0.2) is 31.7 Å². The number of piperidine rings is 1. The lowest BCUT2D eigenvalue weighted by Crippen LogP contribution is -2.35. The maximum absolute atomic E-state index is 12.7. The lowest BCUT2D eigenvalue weighted by Gasteiger charge is -2.26. The van der Waals surface area contributed by atoms with Crippen molar-refractivity contribution in [3.63, 3.8) is 0 Å². The third-order valence-electron chi connectivity index (χ3n) is 6.96. The standard InChI is InChI=1S/C16H23NO2S.C13H21NO.2C4H10/c1-4-13(2)16-12-15(9-8-14(16)3)20(18,19)17-10-6-5-7-11-17;1-9(2)7-8-11(5)12(6)14-13(15)10(3)4;2*1-3-4-2/h4,8-9,12H,5-7,10-11H2,1-3H3;7-8,10H,6H2,1-5H3,(H,14,15);2*3-4H2,1-2H3/b13-4-;11-8-;;. The van der Waals surface area contributed by atoms with Crippen molar-refractivity contribution < 1.29 is 13.2 Å². The zero-order valence-electron chi connectivity index (χ0n) is 29.7. The number of benzene rings is 1. The molecule has 1 amide bonds. The number of carbonyl (C=O) groups excluding carboxylic acids is 1. The van der Waals surface area contributed by atoms with E-state index in [1.54, 1.807) is 10.4 Å². The highest BCUT2D eigenvalue weighted by atomic mass is 32.2. The van der Waals surface area contributed by atoms with Crippen LogP contribution in [0, 0.1) is 12.8 Å². The minimum atomic E-state index is -3.34. The van der Waals surface area contributed by atoms with Gasteiger partial charge in [-0.1, -0.05) is 110 Å². The third-order valence-corrected chi connectivity index (χ3v) is 8.86. The molecule has 0 atom stereocenters. The molecule has 0 saturated carbocycles. The van der Waals surface area contributed by atoms with Gasteiger partial charge in [0.25, 0.3) is 0 Å². The average Bonchev–Trinajstić information content (AvgIpc) is 3.00. The van der Waals surface area contributed by atoms with E-state index in [0.29, 0.717) is 23.7 Å². The number of rotatable bonds is 9. The van der Waals surface area contributed by atoms with E-state index in [1.165, 1.54) is 31.3 Å². The van der Waals surface area contributed by atoms with Crippen molar-refractivity contribution in [1.82, 2.24) is 9.62 Å². The van der Waals surface area contributed by atoms with Crippen LogP contribution in [0.1, 0.15) is 132 Å². The van der Waals surface area contributed by atoms with Crippen molar-refractivity contribution in [1.29, 1.82) is 0 Å². The molecule has 43 heavy (non-hydrogen) atoms. The van der Waals surface area contributed by atoms with E-state index in [0.717, 1.165) is 41.5 Å². The highest BCUT2D eigenvalue weighted by Gasteiger charge is 2.26. The van der Waals surface area contributed by atoms with E-state index in [2.05, 4.69) is 39.6 Å². The van der Waals surface area contributed by atoms with Crippen molar-refractivity contribution in [3.8, 4) is 0 Å². The number of nitrogens with zero attached hydrogens (tertiary/aromatic N) is 1. The van der Waals surface area contributed by atoms with E-state index in [-0.39, 0.29) is 11.8 Å². The summed E-state index contributed by atoms with van der Waals surface area (Å²) in [6.45, 7) is 29.5. The van der Waals surface area contributed by atoms with Gasteiger partial charge in [0.2, 0.25) is 15.9 Å². The van der Waals surface area contributed by atoms with E-state index in [1.807, 2.05) is 85.8 Å². The second-order valence-electron chi connectivity index (χ2n) is 11.6. The minimum Gasteiger partial charge on any atom is -0.326 e. The summed E-state index contributed by atoms with van der Waals surface area (Å²) in [7, 11) is -3.34. The number of sulfonamides is 1. The van der Waals surface area contributed by atoms with Crippen LogP contribution in [0.2, 0.25) is 0 Å². The molecule has 6 heteroatoms. The van der Waals surface area contributed by atoms with E-state index < -0.39 is 10.0 Å². The summed E-state index contributed by atoms with van der Waals surface area (Å²) in [5.41, 5.74) is 6.11. The molecule has 5 nitrogen and oxygen atoms in total. The SMILES string of the molecule is C/C=C(/C)c1cc(S(=O)(=O)N2CCCCC2)ccc1C.C=C(NC(=O)C(C)C)/C(C)=C\C=C(C)C.CCCC.CCCC. The molecule has 1 aromatic carbocycles. The number of allylic oxidation sites excluding steroid dienone is 6. The van der Waals surface area contributed by atoms with E-state index in [4.69, 9.17) is 0 Å². The molecule has 1 fully saturated rings. The Bertz CT molecular complexity index is 1140. The van der Waals surface area contributed by atoms with Crippen LogP contribution >= 0.6 is 0 Å². The molecule has 1 saturated heterocycles. The van der Waals surface area contributed by atoms with Crippen LogP contribution in [0.3, 0.4) is 0 Å². The summed E-state index contributed by atoms with van der Waals surface area (Å²) >= 11 is 0. The van der Waals surface area contributed by atoms with Crippen molar-refractivity contribution in [3.05, 3.63) is 71.0 Å². The van der Waals surface area contributed by atoms with Crippen molar-refractivity contribution in [2.24, 2.45) is 5.92 Å². The molecule has 1 heterocycles. The smallest absolute Gasteiger partial charge is 0.243 e. The van der Waals surface area contributed by atoms with Crippen molar-refractivity contribution >= 4 is 21.5 Å². The van der Waals surface area contributed by atoms with Crippen LogP contribution in [-0.2, 0) is 14.8 Å². The zero-order chi connectivity index (χ0) is 33.6. The van der Waals surface area contributed by atoms with Crippen LogP contribution < -0.4 is 5.32 Å². The molecule has 1 aliphatic rings. The highest BCUT2D eigenvalue weighted by Crippen LogP contribution is 2.26. The molecule has 0 radical (unpaired) electrons. The monoisotopic (exact) mass is 616 g/mol. The number of hydrogen-bond donors (Lipinski definition) is 1. The molecule has 0 unspecified atom stereocenters. The largest absolute Gasteiger partial charge is 0.326 e. The third kappa shape index (κ3) is 18.1. The predicted octanol–water partition coefficient (Wildman–Crippen LogP) is 10.4. The summed E-state index contributed by atoms with van der Waals surface area (Å²) in [6, 6.07) is 5.44. The van der Waals surface area contributed by atoms with Gasteiger partial charge in [0, 0.05) is 24.7 Å². The van der Waals surface area contributed by atoms with Gasteiger partial charge in [0.1, 0.15) is 0 Å². The molecular weight excluding hydrogens is 552 g/mol. The summed E-state index contributed by atoms with van der Waals surface area (Å²) in [5.74, 6) is -0.0112. The maximum atomic E-state index is 12.7. The second kappa shape index (κ2) is 23.9. The minimum absolute atomic E-state index is 0.00458. The molecule has 2 rings (SSSR count). The molecule has 0 aromatic heterocycles. The number of amides is 1. The Morgan fingerprint density at radius 2 is 1.44 bits per heavy atom. The fraction of sp³-hybridized carbons (Fsp3) is 0.595. The van der Waals surface area contributed by atoms with Gasteiger partial charge < -0.3 is 5.32 Å². The zero-order valence-corrected chi connectivity index (χ0v) is 30.5. The molecule has 246 valence electrons. The fourth-order valence-corrected chi connectivity index (χ4v) is 4.92. The Labute approximate surface area is 266 Å². The van der Waals surface area contributed by atoms with Crippen LogP contribution in [0.4, 0.5) is 0 Å². The normalized spacial score (nSPS) is 13.8. The highest BCUT2D eigenvalue weighted by molar-refractivity contribution is 7.89. The van der Waals surface area contributed by atoms with Crippen molar-refractivity contribution in [2.45, 2.75) is 133 Å². The number of nitrogens with one attached hydrogen (secondary N) is 1. The Balaban J connectivity index is 0. The molecule has 0 bridgehead atoms. The van der Waals surface area contributed by atoms with Gasteiger partial charge in [-0.2, -0.15) is 4.31 Å². The van der Waals surface area contributed by atoms with E-state index >= 15 is 0 Å². The average molecular weight is 617 g/mol. The predicted molar refractivity (Wildman–Crippen MR) is 190 cm³/mol. The van der Waals surface area contributed by atoms with Gasteiger partial charge >= 0.3 is 0 Å². The maximum Gasteiger partial charge on any atom is 0.243 e. The molecule has 1 aliphatic heterocycles. The number of aryl methyl sites for hydroxylation is 1. The summed E-state index contributed by atoms with van der Waals surface area (Å²) < 4.78 is 27.0. The molecular formula is C37H64N2O3S. The Morgan fingerprint density at radius 3 is 1.86 bits per heavy atom. The summed E-state index contributed by atoms with van der Waals surface area (Å²) in [4.78, 5) is 11.8. The van der Waals surface area contributed by atoms with Gasteiger partial charge in [0.05, 0.1) is 4.90 Å². The first kappa shape index (κ1) is 42.7. The Morgan fingerprint density at radius 1 is 0.930 bits per heavy atom. The van der Waals surface area contributed by atoms with Crippen LogP contribution in [0.5, 0.6) is 0 Å². The van der Waals surface area contributed by atoms with Gasteiger partial charge in [-0.05, 0) is 88.8 Å². The van der Waals surface area contributed by atoms with E-state index in [9.17, 15) is 13.2 Å². The Hall–Kier alpha value is -2.44. The summed E-state index contributed by atoms with van der Waals surface area (Å²) in [6.07, 6.45) is 14.3. The molecule has 1 N–H and O–H groups in total. The number of carbonyl (C=O) groups is 1. The summed E-state index contributed by atoms with van der Waals surface area (Å²) in [5, 5.41) is 2.77. The number of unbranched alkanes of at least 4 members (excludes halogenated alkanes) is 2.